The molecule has 0 fully saturated rings. The molecule has 2 rings (SSSR count). The highest BCUT2D eigenvalue weighted by Crippen LogP contribution is 2.39. The van der Waals surface area contributed by atoms with Crippen LogP contribution in [0.5, 0.6) is 5.75 Å². The van der Waals surface area contributed by atoms with Crippen molar-refractivity contribution in [2.75, 3.05) is 5.73 Å². The number of para-hydroxylation sites is 1. The fraction of sp³-hybridized carbons (Fsp3) is 0.143. The number of anilines is 1. The van der Waals surface area contributed by atoms with Gasteiger partial charge < -0.3 is 10.5 Å². The molecule has 8 heteroatoms. The van der Waals surface area contributed by atoms with Gasteiger partial charge in [-0.15, -0.1) is 13.2 Å². The molecule has 0 unspecified atom stereocenters. The van der Waals surface area contributed by atoms with Crippen LogP contribution in [0.1, 0.15) is 5.56 Å². The van der Waals surface area contributed by atoms with Crippen LogP contribution in [0.25, 0.3) is 11.1 Å². The van der Waals surface area contributed by atoms with Crippen molar-refractivity contribution >= 4 is 5.69 Å². The van der Waals surface area contributed by atoms with Crippen molar-refractivity contribution in [3.8, 4) is 16.9 Å². The van der Waals surface area contributed by atoms with E-state index in [-0.39, 0.29) is 11.1 Å². The second-order valence-corrected chi connectivity index (χ2v) is 4.34. The number of halogens is 6. The van der Waals surface area contributed by atoms with Crippen molar-refractivity contribution in [2.45, 2.75) is 12.5 Å². The average molecular weight is 321 g/mol. The Morgan fingerprint density at radius 1 is 0.864 bits per heavy atom. The minimum absolute atomic E-state index is 0.0821. The van der Waals surface area contributed by atoms with Gasteiger partial charge in [-0.1, -0.05) is 24.3 Å². The lowest BCUT2D eigenvalue weighted by Crippen LogP contribution is -2.17. The first-order valence-corrected chi connectivity index (χ1v) is 5.90. The summed E-state index contributed by atoms with van der Waals surface area (Å²) >= 11 is 0. The Kier molecular flexibility index (Phi) is 3.95. The number of nitrogens with two attached hydrogens (primary N) is 1. The molecule has 22 heavy (non-hydrogen) atoms. The van der Waals surface area contributed by atoms with Crippen LogP contribution in [-0.4, -0.2) is 6.36 Å². The highest BCUT2D eigenvalue weighted by Gasteiger charge is 2.34. The fourth-order valence-electron chi connectivity index (χ4n) is 1.89. The van der Waals surface area contributed by atoms with E-state index < -0.39 is 29.5 Å². The molecule has 2 aromatic carbocycles. The molecule has 0 radical (unpaired) electrons. The van der Waals surface area contributed by atoms with Gasteiger partial charge in [0, 0.05) is 11.3 Å². The third-order valence-electron chi connectivity index (χ3n) is 2.78. The predicted molar refractivity (Wildman–Crippen MR) is 68.0 cm³/mol. The van der Waals surface area contributed by atoms with Gasteiger partial charge in [0.2, 0.25) is 0 Å². The van der Waals surface area contributed by atoms with Gasteiger partial charge in [-0.2, -0.15) is 13.2 Å². The Morgan fingerprint density at radius 2 is 1.50 bits per heavy atom. The minimum atomic E-state index is -4.95. The summed E-state index contributed by atoms with van der Waals surface area (Å²) in [6.07, 6.45) is -9.66. The zero-order valence-corrected chi connectivity index (χ0v) is 10.8. The maximum absolute atomic E-state index is 12.8. The number of alkyl halides is 6. The van der Waals surface area contributed by atoms with Gasteiger partial charge in [0.25, 0.3) is 0 Å². The summed E-state index contributed by atoms with van der Waals surface area (Å²) in [7, 11) is 0. The monoisotopic (exact) mass is 321 g/mol. The molecule has 0 spiro atoms. The number of hydrogen-bond donors (Lipinski definition) is 1. The van der Waals surface area contributed by atoms with Gasteiger partial charge in [0.15, 0.2) is 0 Å². The van der Waals surface area contributed by atoms with E-state index in [1.165, 1.54) is 24.3 Å². The van der Waals surface area contributed by atoms with E-state index in [4.69, 9.17) is 5.73 Å². The molecule has 2 aromatic rings. The molecule has 0 amide bonds. The lowest BCUT2D eigenvalue weighted by molar-refractivity contribution is -0.274. The molecular formula is C14H9F6NO. The third kappa shape index (κ3) is 3.63. The second-order valence-electron chi connectivity index (χ2n) is 4.34. The Hall–Kier alpha value is -2.38. The highest BCUT2D eigenvalue weighted by atomic mass is 19.4. The number of ether oxygens (including phenoxy) is 1. The first kappa shape index (κ1) is 16.0. The van der Waals surface area contributed by atoms with Crippen molar-refractivity contribution in [3.05, 3.63) is 48.0 Å². The number of nitrogen functional groups attached to an aromatic ring is 1. The molecule has 0 saturated heterocycles. The summed E-state index contributed by atoms with van der Waals surface area (Å²) in [5, 5.41) is 0. The summed E-state index contributed by atoms with van der Waals surface area (Å²) < 4.78 is 79.3. The first-order chi connectivity index (χ1) is 10.1. The van der Waals surface area contributed by atoms with Crippen molar-refractivity contribution in [2.24, 2.45) is 0 Å². The molecule has 118 valence electrons. The molecule has 0 bridgehead atoms. The molecule has 0 heterocycles. The van der Waals surface area contributed by atoms with Crippen LogP contribution in [0.15, 0.2) is 42.5 Å². The topological polar surface area (TPSA) is 35.2 Å². The van der Waals surface area contributed by atoms with Crippen molar-refractivity contribution in [3.63, 3.8) is 0 Å². The second kappa shape index (κ2) is 5.43. The standard InChI is InChI=1S/C14H9F6NO/c15-13(16,17)10-7-8(5-6-11(10)21)9-3-1-2-4-12(9)22-14(18,19)20/h1-7H,21H2. The largest absolute Gasteiger partial charge is 0.573 e. The summed E-state index contributed by atoms with van der Waals surface area (Å²) in [5.74, 6) is -0.590. The molecule has 0 aromatic heterocycles. The molecule has 2 N–H and O–H groups in total. The molecule has 2 nitrogen and oxygen atoms in total. The van der Waals surface area contributed by atoms with E-state index in [1.54, 1.807) is 0 Å². The van der Waals surface area contributed by atoms with Crippen molar-refractivity contribution < 1.29 is 31.1 Å². The summed E-state index contributed by atoms with van der Waals surface area (Å²) in [6, 6.07) is 7.80. The summed E-state index contributed by atoms with van der Waals surface area (Å²) in [5.41, 5.74) is 3.43. The van der Waals surface area contributed by atoms with Gasteiger partial charge in [0.05, 0.1) is 5.56 Å². The van der Waals surface area contributed by atoms with Gasteiger partial charge in [-0.05, 0) is 23.8 Å². The number of benzene rings is 2. The van der Waals surface area contributed by atoms with E-state index in [1.807, 2.05) is 0 Å². The fourth-order valence-corrected chi connectivity index (χ4v) is 1.89. The zero-order valence-electron chi connectivity index (χ0n) is 10.8. The summed E-state index contributed by atoms with van der Waals surface area (Å²) in [4.78, 5) is 0. The quantitative estimate of drug-likeness (QED) is 0.634. The van der Waals surface area contributed by atoms with Crippen LogP contribution >= 0.6 is 0 Å². The van der Waals surface area contributed by atoms with Crippen molar-refractivity contribution in [1.82, 2.24) is 0 Å². The predicted octanol–water partition coefficient (Wildman–Crippen LogP) is 4.85. The first-order valence-electron chi connectivity index (χ1n) is 5.90. The van der Waals surface area contributed by atoms with Crippen LogP contribution in [0.4, 0.5) is 32.0 Å². The maximum Gasteiger partial charge on any atom is 0.573 e. The van der Waals surface area contributed by atoms with E-state index in [0.29, 0.717) is 6.07 Å². The van der Waals surface area contributed by atoms with Crippen LogP contribution in [0, 0.1) is 0 Å². The highest BCUT2D eigenvalue weighted by molar-refractivity contribution is 5.73. The van der Waals surface area contributed by atoms with E-state index in [2.05, 4.69) is 4.74 Å². The van der Waals surface area contributed by atoms with Crippen LogP contribution < -0.4 is 10.5 Å². The molecule has 0 saturated carbocycles. The Balaban J connectivity index is 2.54. The maximum atomic E-state index is 12.8. The van der Waals surface area contributed by atoms with Gasteiger partial charge in [-0.25, -0.2) is 0 Å². The van der Waals surface area contributed by atoms with Crippen LogP contribution in [0.2, 0.25) is 0 Å². The Labute approximate surface area is 121 Å². The molecule has 0 aliphatic rings. The molecule has 0 aliphatic heterocycles. The third-order valence-corrected chi connectivity index (χ3v) is 2.78. The minimum Gasteiger partial charge on any atom is -0.405 e. The van der Waals surface area contributed by atoms with Gasteiger partial charge in [-0.3, -0.25) is 0 Å². The van der Waals surface area contributed by atoms with Gasteiger partial charge in [0.1, 0.15) is 5.75 Å². The molecule has 0 aliphatic carbocycles. The van der Waals surface area contributed by atoms with Crippen LogP contribution in [0.3, 0.4) is 0 Å². The molecule has 0 atom stereocenters. The van der Waals surface area contributed by atoms with E-state index in [0.717, 1.165) is 12.1 Å². The SMILES string of the molecule is Nc1ccc(-c2ccccc2OC(F)(F)F)cc1C(F)(F)F. The smallest absolute Gasteiger partial charge is 0.405 e. The lowest BCUT2D eigenvalue weighted by Gasteiger charge is -2.15. The number of hydrogen-bond acceptors (Lipinski definition) is 2. The average Bonchev–Trinajstić information content (AvgIpc) is 2.37. The summed E-state index contributed by atoms with van der Waals surface area (Å²) in [6.45, 7) is 0. The van der Waals surface area contributed by atoms with E-state index >= 15 is 0 Å². The lowest BCUT2D eigenvalue weighted by atomic mass is 10.0. The van der Waals surface area contributed by atoms with Crippen LogP contribution in [-0.2, 0) is 6.18 Å². The zero-order chi connectivity index (χ0) is 16.5. The Morgan fingerprint density at radius 3 is 2.09 bits per heavy atom. The van der Waals surface area contributed by atoms with Crippen molar-refractivity contribution in [1.29, 1.82) is 0 Å². The van der Waals surface area contributed by atoms with Gasteiger partial charge >= 0.3 is 12.5 Å². The normalized spacial score (nSPS) is 12.3. The number of rotatable bonds is 2. The Bertz CT molecular complexity index is 678. The van der Waals surface area contributed by atoms with E-state index in [9.17, 15) is 26.3 Å². The molecular weight excluding hydrogens is 312 g/mol.